The Labute approximate surface area is 470 Å². The molecule has 0 saturated carbocycles. The van der Waals surface area contributed by atoms with E-state index >= 15 is 0 Å². The van der Waals surface area contributed by atoms with E-state index in [2.05, 4.69) is 289 Å². The summed E-state index contributed by atoms with van der Waals surface area (Å²) >= 11 is 0. The summed E-state index contributed by atoms with van der Waals surface area (Å²) in [6.07, 6.45) is 4.37. The lowest BCUT2D eigenvalue weighted by Gasteiger charge is -2.35. The van der Waals surface area contributed by atoms with Crippen molar-refractivity contribution in [2.75, 3.05) is 16.3 Å². The Hall–Kier alpha value is -9.19. The minimum Gasteiger partial charge on any atom is -0.455 e. The number of aromatic nitrogens is 1. The summed E-state index contributed by atoms with van der Waals surface area (Å²) in [5.74, 6) is 1.88. The van der Waals surface area contributed by atoms with Crippen LogP contribution < -0.4 is 15.1 Å². The topological polar surface area (TPSA) is 44.5 Å². The predicted molar refractivity (Wildman–Crippen MR) is 334 cm³/mol. The number of fused-ring (bicyclic) bond motifs is 14. The van der Waals surface area contributed by atoms with E-state index in [4.69, 9.17) is 9.40 Å². The number of furan rings is 1. The Balaban J connectivity index is 1.11. The Bertz CT molecular complexity index is 4270. The second-order valence-electron chi connectivity index (χ2n) is 24.2. The zero-order chi connectivity index (χ0) is 54.7. The molecule has 0 unspecified atom stereocenters. The summed E-state index contributed by atoms with van der Waals surface area (Å²) in [5, 5.41) is 6.06. The molecule has 11 aromatic rings. The highest BCUT2D eigenvalue weighted by Gasteiger charge is 2.53. The number of anilines is 5. The van der Waals surface area contributed by atoms with Crippen LogP contribution in [0.4, 0.5) is 28.6 Å². The van der Waals surface area contributed by atoms with E-state index in [0.29, 0.717) is 0 Å². The fraction of sp³-hybridized carbons (Fsp3) is 0.160. The van der Waals surface area contributed by atoms with Crippen molar-refractivity contribution in [3.8, 4) is 33.4 Å². The van der Waals surface area contributed by atoms with Crippen molar-refractivity contribution in [3.05, 3.63) is 280 Å². The fourth-order valence-electron chi connectivity index (χ4n) is 13.1. The molecule has 0 atom stereocenters. The summed E-state index contributed by atoms with van der Waals surface area (Å²) in [7, 11) is 0. The quantitative estimate of drug-likeness (QED) is 0.164. The molecule has 2 aromatic heterocycles. The van der Waals surface area contributed by atoms with Crippen LogP contribution in [-0.4, -0.2) is 11.5 Å². The molecule has 0 amide bonds. The zero-order valence-corrected chi connectivity index (χ0v) is 46.8. The van der Waals surface area contributed by atoms with Gasteiger partial charge in [0.25, 0.3) is 0 Å². The third kappa shape index (κ3) is 7.69. The number of pyridine rings is 1. The van der Waals surface area contributed by atoms with Gasteiger partial charge in [-0.2, -0.15) is 0 Å². The van der Waals surface area contributed by atoms with Gasteiger partial charge in [-0.25, -0.2) is 4.98 Å². The number of aryl methyl sites for hydroxylation is 1. The van der Waals surface area contributed by atoms with Crippen molar-refractivity contribution in [3.63, 3.8) is 0 Å². The molecule has 9 aromatic carbocycles. The SMILES string of the molecule is CC1=CC(c2ccccc2)=C(N(c2ccc(C(C)(C)C)cc2)c2ccc3c(c2)C2(c4ccccc4-c4ccccc42)c2cc(N(c4ccc(C(C)(C)C)cc4)c4ncc(C)cc4-c4ccccc4)c4c(oc5ccccc54)c2-3)NC1. The van der Waals surface area contributed by atoms with E-state index in [1.165, 1.54) is 50.1 Å². The van der Waals surface area contributed by atoms with Gasteiger partial charge in [-0.05, 0) is 146 Å². The lowest BCUT2D eigenvalue weighted by molar-refractivity contribution is 0.590. The van der Waals surface area contributed by atoms with Gasteiger partial charge in [0.15, 0.2) is 0 Å². The maximum atomic E-state index is 7.46. The first-order valence-electron chi connectivity index (χ1n) is 28.1. The number of dihydropyridines is 1. The molecule has 390 valence electrons. The Morgan fingerprint density at radius 1 is 0.500 bits per heavy atom. The average molecular weight is 1040 g/mol. The lowest BCUT2D eigenvalue weighted by Crippen LogP contribution is -2.33. The minimum absolute atomic E-state index is 0.0132. The molecule has 0 radical (unpaired) electrons. The van der Waals surface area contributed by atoms with Crippen molar-refractivity contribution in [2.45, 2.75) is 71.6 Å². The molecule has 2 aliphatic carbocycles. The first-order valence-corrected chi connectivity index (χ1v) is 28.1. The summed E-state index contributed by atoms with van der Waals surface area (Å²) in [4.78, 5) is 10.3. The summed E-state index contributed by atoms with van der Waals surface area (Å²) in [5.41, 5.74) is 24.0. The van der Waals surface area contributed by atoms with Gasteiger partial charge in [0.2, 0.25) is 0 Å². The maximum absolute atomic E-state index is 7.46. The van der Waals surface area contributed by atoms with Crippen molar-refractivity contribution in [1.82, 2.24) is 10.3 Å². The highest BCUT2D eigenvalue weighted by atomic mass is 16.3. The molecule has 0 bridgehead atoms. The van der Waals surface area contributed by atoms with Gasteiger partial charge in [0.05, 0.1) is 16.5 Å². The molecule has 3 heterocycles. The second-order valence-corrected chi connectivity index (χ2v) is 24.2. The molecule has 1 spiro atoms. The van der Waals surface area contributed by atoms with Crippen LogP contribution in [0.3, 0.4) is 0 Å². The van der Waals surface area contributed by atoms with Crippen LogP contribution in [0.5, 0.6) is 0 Å². The minimum atomic E-state index is -0.768. The fourth-order valence-corrected chi connectivity index (χ4v) is 13.1. The van der Waals surface area contributed by atoms with Gasteiger partial charge in [-0.3, -0.25) is 9.80 Å². The molecule has 1 N–H and O–H groups in total. The number of rotatable bonds is 8. The van der Waals surface area contributed by atoms with E-state index in [1.54, 1.807) is 0 Å². The third-order valence-electron chi connectivity index (χ3n) is 16.9. The normalized spacial score (nSPS) is 14.2. The molecule has 5 heteroatoms. The molecule has 14 rings (SSSR count). The summed E-state index contributed by atoms with van der Waals surface area (Å²) in [6, 6.07) is 78.7. The van der Waals surface area contributed by atoms with E-state index in [-0.39, 0.29) is 10.8 Å². The molecular formula is C75H64N4O. The van der Waals surface area contributed by atoms with Crippen LogP contribution in [0.1, 0.15) is 93.0 Å². The lowest BCUT2D eigenvalue weighted by atomic mass is 9.70. The Morgan fingerprint density at radius 2 is 1.06 bits per heavy atom. The zero-order valence-electron chi connectivity index (χ0n) is 46.8. The Kier molecular flexibility index (Phi) is 11.3. The molecule has 0 fully saturated rings. The van der Waals surface area contributed by atoms with Crippen molar-refractivity contribution >= 4 is 56.1 Å². The third-order valence-corrected chi connectivity index (χ3v) is 16.9. The number of nitrogens with zero attached hydrogens (tertiary/aromatic N) is 3. The van der Waals surface area contributed by atoms with E-state index < -0.39 is 5.41 Å². The average Bonchev–Trinajstić information content (AvgIpc) is 3.91. The standard InChI is InChI=1S/C75H64N4O/c1-47-41-60(49-21-11-9-12-22-49)71(76-45-47)78(53-35-31-51(32-36-53)73(3,4)5)55-39-40-58-64(43-55)75(62-28-18-15-25-56(62)57-26-16-19-29-63(57)75)65-44-66(69-59-27-17-20-30-67(59)80-70(69)68(58)65)79(54-37-33-52(34-38-54)74(6,7)8)72-61(42-48(2)46-77-72)50-23-13-10-14-24-50/h9-44,46,76H,45H2,1-8H3. The van der Waals surface area contributed by atoms with Gasteiger partial charge in [0.1, 0.15) is 22.8 Å². The molecule has 5 nitrogen and oxygen atoms in total. The second kappa shape index (κ2) is 18.5. The molecule has 80 heavy (non-hydrogen) atoms. The first kappa shape index (κ1) is 49.1. The van der Waals surface area contributed by atoms with E-state index in [0.717, 1.165) is 102 Å². The highest BCUT2D eigenvalue weighted by Crippen LogP contribution is 2.66. The number of benzene rings is 9. The van der Waals surface area contributed by atoms with Gasteiger partial charge in [-0.15, -0.1) is 0 Å². The number of hydrogen-bond acceptors (Lipinski definition) is 5. The van der Waals surface area contributed by atoms with Crippen LogP contribution in [0.25, 0.3) is 60.9 Å². The Morgan fingerprint density at radius 3 is 1.70 bits per heavy atom. The van der Waals surface area contributed by atoms with Gasteiger partial charge < -0.3 is 9.73 Å². The smallest absolute Gasteiger partial charge is 0.145 e. The van der Waals surface area contributed by atoms with Gasteiger partial charge in [-0.1, -0.05) is 211 Å². The monoisotopic (exact) mass is 1040 g/mol. The van der Waals surface area contributed by atoms with Crippen LogP contribution in [0.15, 0.2) is 240 Å². The van der Waals surface area contributed by atoms with Crippen LogP contribution in [0.2, 0.25) is 0 Å². The molecule has 1 aliphatic heterocycles. The highest BCUT2D eigenvalue weighted by molar-refractivity contribution is 6.20. The van der Waals surface area contributed by atoms with Crippen LogP contribution in [0, 0.1) is 6.92 Å². The summed E-state index contributed by atoms with van der Waals surface area (Å²) < 4.78 is 7.46. The van der Waals surface area contributed by atoms with Crippen LogP contribution in [-0.2, 0) is 16.2 Å². The van der Waals surface area contributed by atoms with Crippen LogP contribution >= 0.6 is 0 Å². The van der Waals surface area contributed by atoms with E-state index in [9.17, 15) is 0 Å². The first-order chi connectivity index (χ1) is 38.8. The number of nitrogens with one attached hydrogen (secondary N) is 1. The number of allylic oxidation sites excluding steroid dienone is 2. The molecule has 3 aliphatic rings. The van der Waals surface area contributed by atoms with Gasteiger partial charge >= 0.3 is 0 Å². The number of hydrogen-bond donors (Lipinski definition) is 1. The largest absolute Gasteiger partial charge is 0.455 e. The van der Waals surface area contributed by atoms with E-state index in [1.807, 2.05) is 6.20 Å². The maximum Gasteiger partial charge on any atom is 0.145 e. The molecular weight excluding hydrogens is 973 g/mol. The van der Waals surface area contributed by atoms with Crippen molar-refractivity contribution in [2.24, 2.45) is 0 Å². The van der Waals surface area contributed by atoms with Crippen molar-refractivity contribution in [1.29, 1.82) is 0 Å². The predicted octanol–water partition coefficient (Wildman–Crippen LogP) is 19.4. The summed E-state index contributed by atoms with van der Waals surface area (Å²) in [6.45, 7) is 18.8. The van der Waals surface area contributed by atoms with Crippen molar-refractivity contribution < 1.29 is 4.42 Å². The molecule has 0 saturated heterocycles. The van der Waals surface area contributed by atoms with Gasteiger partial charge in [0, 0.05) is 51.9 Å². The number of para-hydroxylation sites is 1.